The van der Waals surface area contributed by atoms with Crippen molar-refractivity contribution in [3.8, 4) is 0 Å². The van der Waals surface area contributed by atoms with Crippen LogP contribution in [0.5, 0.6) is 0 Å². The minimum Gasteiger partial charge on any atom is -0.395 e. The van der Waals surface area contributed by atoms with Gasteiger partial charge in [0, 0.05) is 62.1 Å². The van der Waals surface area contributed by atoms with Crippen molar-refractivity contribution in [3.05, 3.63) is 107 Å². The molecule has 6 rings (SSSR count). The molecule has 0 aliphatic rings. The molecule has 0 aliphatic heterocycles. The number of aryl methyl sites for hydroxylation is 2. The second-order valence-corrected chi connectivity index (χ2v) is 20.1. The van der Waals surface area contributed by atoms with Crippen molar-refractivity contribution in [2.24, 2.45) is 0 Å². The predicted molar refractivity (Wildman–Crippen MR) is 303 cm³/mol. The molecule has 0 bridgehead atoms. The molecule has 27 heteroatoms. The van der Waals surface area contributed by atoms with Gasteiger partial charge >= 0.3 is 0 Å². The Morgan fingerprint density at radius 3 is 1.24 bits per heavy atom. The van der Waals surface area contributed by atoms with Crippen LogP contribution in [0, 0.1) is 13.8 Å². The van der Waals surface area contributed by atoms with Crippen molar-refractivity contribution >= 4 is 91.7 Å². The number of ether oxygens (including phenoxy) is 4. The quantitative estimate of drug-likeness (QED) is 0.0138. The van der Waals surface area contributed by atoms with Gasteiger partial charge in [-0.25, -0.2) is 12.6 Å². The van der Waals surface area contributed by atoms with Gasteiger partial charge in [0.05, 0.1) is 75.9 Å². The first-order valence-electron chi connectivity index (χ1n) is 25.4. The summed E-state index contributed by atoms with van der Waals surface area (Å²) in [6, 6.07) is 24.1. The van der Waals surface area contributed by atoms with Crippen LogP contribution in [0.25, 0.3) is 12.2 Å². The highest BCUT2D eigenvalue weighted by Crippen LogP contribution is 2.26. The van der Waals surface area contributed by atoms with Crippen LogP contribution in [0.15, 0.2) is 94.7 Å². The van der Waals surface area contributed by atoms with Gasteiger partial charge in [-0.05, 0) is 122 Å². The van der Waals surface area contributed by atoms with E-state index in [1.165, 1.54) is 24.3 Å². The highest BCUT2D eigenvalue weighted by atomic mass is 32.2. The summed E-state index contributed by atoms with van der Waals surface area (Å²) in [4.78, 5) is 27.8. The third-order valence-corrected chi connectivity index (χ3v) is 13.8. The summed E-state index contributed by atoms with van der Waals surface area (Å²) >= 11 is -2.12. The summed E-state index contributed by atoms with van der Waals surface area (Å²) in [6.45, 7) is 6.79. The van der Waals surface area contributed by atoms with Crippen LogP contribution in [0.3, 0.4) is 0 Å². The summed E-state index contributed by atoms with van der Waals surface area (Å²) in [7, 11) is -3.98. The number of rotatable bonds is 37. The first kappa shape index (κ1) is 61.4. The molecular formula is C52H69N13O12S2. The Kier molecular flexibility index (Phi) is 25.6. The zero-order valence-electron chi connectivity index (χ0n) is 44.0. The molecule has 25 nitrogen and oxygen atoms in total. The van der Waals surface area contributed by atoms with Crippen LogP contribution in [-0.2, 0) is 40.1 Å². The summed E-state index contributed by atoms with van der Waals surface area (Å²) in [5.41, 5.74) is 6.45. The van der Waals surface area contributed by atoms with Crippen molar-refractivity contribution in [3.63, 3.8) is 0 Å². The molecule has 0 spiro atoms. The Morgan fingerprint density at radius 1 is 0.494 bits per heavy atom. The molecule has 2 heterocycles. The number of nitrogens with zero attached hydrogens (tertiary/aromatic N) is 7. The molecule has 0 saturated heterocycles. The standard InChI is InChI=1S/C52H69N13O12S2/c1-37-35-43(57-51-61-47(53-19-3-27-74-31-33-76-29-25-68)59-49(63-51)55-41-11-15-45(16-12-41)78(70)71)9-7-39(37)5-6-40-8-10-44(36-38(40)2)58-52-62-48(54-20-4-28-75-32-34-77-30-26-69)60-50(64-52)56-42-13-17-46(18-14-42)79(72,73)65(21-23-66)22-24-67/h5-18,35-36,66-69H,3-4,19-34H2,1-2H3,(H,70,71)(H3,53,55,57,59,61,63)(H3,54,56,58,60,62,64). The molecule has 0 aliphatic carbocycles. The Morgan fingerprint density at radius 2 is 0.861 bits per heavy atom. The maximum Gasteiger partial charge on any atom is 0.243 e. The van der Waals surface area contributed by atoms with Crippen molar-refractivity contribution in [1.29, 1.82) is 0 Å². The van der Waals surface area contributed by atoms with Crippen molar-refractivity contribution in [1.82, 2.24) is 34.2 Å². The van der Waals surface area contributed by atoms with E-state index in [2.05, 4.69) is 61.8 Å². The fourth-order valence-corrected chi connectivity index (χ4v) is 9.11. The minimum absolute atomic E-state index is 0.0120. The Hall–Kier alpha value is -6.86. The van der Waals surface area contributed by atoms with Crippen molar-refractivity contribution in [2.45, 2.75) is 36.5 Å². The summed E-state index contributed by atoms with van der Waals surface area (Å²) in [5, 5.41) is 55.8. The average Bonchev–Trinajstić information content (AvgIpc) is 3.45. The van der Waals surface area contributed by atoms with Crippen molar-refractivity contribution < 1.29 is 56.6 Å². The Bertz CT molecular complexity index is 2980. The highest BCUT2D eigenvalue weighted by molar-refractivity contribution is 7.89. The lowest BCUT2D eigenvalue weighted by Crippen LogP contribution is -2.35. The zero-order chi connectivity index (χ0) is 56.2. The number of aromatic nitrogens is 6. The van der Waals surface area contributed by atoms with Crippen molar-refractivity contribution in [2.75, 3.05) is 137 Å². The van der Waals surface area contributed by atoms with Gasteiger partial charge in [-0.3, -0.25) is 0 Å². The van der Waals surface area contributed by atoms with E-state index in [1.807, 2.05) is 62.4 Å². The molecule has 4 aromatic carbocycles. The van der Waals surface area contributed by atoms with E-state index in [0.717, 1.165) is 32.2 Å². The molecule has 0 amide bonds. The van der Waals surface area contributed by atoms with Crippen LogP contribution >= 0.6 is 0 Å². The predicted octanol–water partition coefficient (Wildman–Crippen LogP) is 5.03. The zero-order valence-corrected chi connectivity index (χ0v) is 45.6. The second kappa shape index (κ2) is 32.9. The van der Waals surface area contributed by atoms with E-state index in [4.69, 9.17) is 29.2 Å². The lowest BCUT2D eigenvalue weighted by molar-refractivity contribution is 0.0331. The largest absolute Gasteiger partial charge is 0.395 e. The minimum atomic E-state index is -3.98. The van der Waals surface area contributed by atoms with E-state index in [9.17, 15) is 27.4 Å². The number of hydrogen-bond donors (Lipinski definition) is 11. The molecule has 6 aromatic rings. The number of aliphatic hydroxyl groups excluding tert-OH is 4. The van der Waals surface area contributed by atoms with Crippen LogP contribution in [0.1, 0.15) is 35.1 Å². The van der Waals surface area contributed by atoms with Gasteiger partial charge in [0.15, 0.2) is 11.1 Å². The normalized spacial score (nSPS) is 12.0. The third-order valence-electron chi connectivity index (χ3n) is 11.2. The van der Waals surface area contributed by atoms with Gasteiger partial charge < -0.3 is 75.8 Å². The molecule has 426 valence electrons. The van der Waals surface area contributed by atoms with Crippen LogP contribution in [0.2, 0.25) is 0 Å². The number of nitrogens with one attached hydrogen (secondary N) is 6. The van der Waals surface area contributed by atoms with Gasteiger partial charge in [0.1, 0.15) is 0 Å². The first-order chi connectivity index (χ1) is 38.4. The molecular weight excluding hydrogens is 1060 g/mol. The maximum absolute atomic E-state index is 13.2. The van der Waals surface area contributed by atoms with Crippen LogP contribution in [0.4, 0.5) is 58.4 Å². The lowest BCUT2D eigenvalue weighted by Gasteiger charge is -2.20. The highest BCUT2D eigenvalue weighted by Gasteiger charge is 2.24. The summed E-state index contributed by atoms with van der Waals surface area (Å²) < 4.78 is 70.1. The van der Waals surface area contributed by atoms with Gasteiger partial charge in [0.25, 0.3) is 0 Å². The fraction of sp³-hybridized carbons (Fsp3) is 0.385. The molecule has 0 fully saturated rings. The van der Waals surface area contributed by atoms with E-state index in [0.29, 0.717) is 88.6 Å². The first-order valence-corrected chi connectivity index (χ1v) is 27.9. The van der Waals surface area contributed by atoms with Gasteiger partial charge in [-0.15, -0.1) is 0 Å². The Balaban J connectivity index is 1.12. The SMILES string of the molecule is Cc1cc(Nc2nc(NCCCOCCOCCO)nc(Nc3ccc(S(=O)O)cc3)n2)ccc1C=Cc1ccc(Nc2nc(NCCCOCCOCCO)nc(Nc3ccc(S(=O)(=O)N(CCO)CCO)cc3)n2)cc1C. The van der Waals surface area contributed by atoms with Crippen LogP contribution in [-0.4, -0.2) is 177 Å². The smallest absolute Gasteiger partial charge is 0.243 e. The van der Waals surface area contributed by atoms with E-state index in [1.54, 1.807) is 24.3 Å². The second-order valence-electron chi connectivity index (χ2n) is 17.2. The average molecular weight is 1130 g/mol. The molecule has 1 atom stereocenters. The monoisotopic (exact) mass is 1130 g/mol. The summed E-state index contributed by atoms with van der Waals surface area (Å²) in [6.07, 6.45) is 5.36. The van der Waals surface area contributed by atoms with Gasteiger partial charge in [-0.2, -0.15) is 34.2 Å². The van der Waals surface area contributed by atoms with Gasteiger partial charge in [0.2, 0.25) is 45.7 Å². The fourth-order valence-electron chi connectivity index (χ4n) is 7.32. The third kappa shape index (κ3) is 20.7. The molecule has 79 heavy (non-hydrogen) atoms. The van der Waals surface area contributed by atoms with E-state index < -0.39 is 34.3 Å². The Labute approximate surface area is 461 Å². The molecule has 2 aromatic heterocycles. The van der Waals surface area contributed by atoms with Crippen LogP contribution < -0.4 is 31.9 Å². The topological polar surface area (TPSA) is 342 Å². The molecule has 0 saturated carbocycles. The maximum atomic E-state index is 13.2. The number of benzene rings is 4. The number of hydrogen-bond acceptors (Lipinski definition) is 23. The molecule has 0 radical (unpaired) electrons. The summed E-state index contributed by atoms with van der Waals surface area (Å²) in [5.74, 6) is 1.51. The van der Waals surface area contributed by atoms with E-state index in [-0.39, 0.29) is 79.0 Å². The van der Waals surface area contributed by atoms with E-state index >= 15 is 0 Å². The molecule has 1 unspecified atom stereocenters. The number of aliphatic hydroxyl groups is 4. The number of anilines is 10. The molecule has 11 N–H and O–H groups in total. The number of sulfonamides is 1. The lowest BCUT2D eigenvalue weighted by atomic mass is 10.0. The van der Waals surface area contributed by atoms with Gasteiger partial charge in [-0.1, -0.05) is 24.3 Å².